The maximum absolute atomic E-state index is 14.7. The Morgan fingerprint density at radius 2 is 2.22 bits per heavy atom. The van der Waals surface area contributed by atoms with Gasteiger partial charge in [0.1, 0.15) is 17.0 Å². The summed E-state index contributed by atoms with van der Waals surface area (Å²) in [7, 11) is 0. The molecule has 8 nitrogen and oxygen atoms in total. The first-order valence-corrected chi connectivity index (χ1v) is 9.08. The van der Waals surface area contributed by atoms with Gasteiger partial charge < -0.3 is 10.1 Å². The van der Waals surface area contributed by atoms with Gasteiger partial charge in [-0.2, -0.15) is 5.10 Å². The number of thioether (sulfide) groups is 1. The Labute approximate surface area is 159 Å². The molecule has 2 heterocycles. The van der Waals surface area contributed by atoms with Crippen LogP contribution in [0.5, 0.6) is 0 Å². The summed E-state index contributed by atoms with van der Waals surface area (Å²) >= 11 is 1.16. The second kappa shape index (κ2) is 7.18. The summed E-state index contributed by atoms with van der Waals surface area (Å²) in [4.78, 5) is 36.1. The van der Waals surface area contributed by atoms with Crippen molar-refractivity contribution in [2.24, 2.45) is 5.10 Å². The maximum atomic E-state index is 14.7. The number of halogens is 1. The van der Waals surface area contributed by atoms with Gasteiger partial charge in [0.25, 0.3) is 5.91 Å². The van der Waals surface area contributed by atoms with Gasteiger partial charge in [-0.3, -0.25) is 14.5 Å². The van der Waals surface area contributed by atoms with Crippen molar-refractivity contribution in [3.05, 3.63) is 29.6 Å². The van der Waals surface area contributed by atoms with E-state index in [1.165, 1.54) is 24.0 Å². The Balaban J connectivity index is 1.77. The molecule has 0 spiro atoms. The normalized spacial score (nSPS) is 21.4. The number of ether oxygens (including phenoxy) is 1. The number of anilines is 1. The van der Waals surface area contributed by atoms with E-state index >= 15 is 0 Å². The van der Waals surface area contributed by atoms with Gasteiger partial charge in [0.2, 0.25) is 5.91 Å². The van der Waals surface area contributed by atoms with Gasteiger partial charge in [0.05, 0.1) is 23.5 Å². The fraction of sp³-hybridized carbons (Fsp3) is 0.412. The highest BCUT2D eigenvalue weighted by Crippen LogP contribution is 2.33. The first-order valence-electron chi connectivity index (χ1n) is 8.27. The van der Waals surface area contributed by atoms with Gasteiger partial charge in [-0.1, -0.05) is 11.8 Å². The highest BCUT2D eigenvalue weighted by molar-refractivity contribution is 8.16. The number of nitrogens with one attached hydrogen (secondary N) is 2. The Hall–Kier alpha value is -2.62. The van der Waals surface area contributed by atoms with Crippen LogP contribution in [0.2, 0.25) is 0 Å². The van der Waals surface area contributed by atoms with Crippen LogP contribution < -0.4 is 15.6 Å². The molecule has 0 bridgehead atoms. The zero-order chi connectivity index (χ0) is 19.8. The first-order chi connectivity index (χ1) is 12.7. The minimum absolute atomic E-state index is 0.195. The van der Waals surface area contributed by atoms with Crippen LogP contribution in [0.25, 0.3) is 0 Å². The molecule has 2 aliphatic heterocycles. The minimum atomic E-state index is -0.766. The van der Waals surface area contributed by atoms with E-state index in [-0.39, 0.29) is 30.5 Å². The van der Waals surface area contributed by atoms with Crippen LogP contribution in [0, 0.1) is 5.82 Å². The molecule has 2 aliphatic rings. The summed E-state index contributed by atoms with van der Waals surface area (Å²) < 4.78 is 19.1. The Kier molecular flexibility index (Phi) is 5.09. The van der Waals surface area contributed by atoms with Crippen LogP contribution in [-0.4, -0.2) is 46.9 Å². The Morgan fingerprint density at radius 1 is 1.48 bits per heavy atom. The second-order valence-electron chi connectivity index (χ2n) is 6.69. The SMILES string of the molecule is CC(=O)NCC1CN(c2ccc(C3=NNC(=O)C(C)(C)S3)c(F)c2)C(=O)O1. The Bertz CT molecular complexity index is 842. The van der Waals surface area contributed by atoms with Crippen molar-refractivity contribution in [2.45, 2.75) is 31.6 Å². The number of hydrogen-bond donors (Lipinski definition) is 2. The number of benzene rings is 1. The quantitative estimate of drug-likeness (QED) is 0.808. The molecule has 0 aliphatic carbocycles. The molecule has 1 unspecified atom stereocenters. The van der Waals surface area contributed by atoms with E-state index in [1.807, 2.05) is 0 Å². The van der Waals surface area contributed by atoms with Crippen molar-refractivity contribution in [3.8, 4) is 0 Å². The summed E-state index contributed by atoms with van der Waals surface area (Å²) in [5, 5.41) is 6.87. The summed E-state index contributed by atoms with van der Waals surface area (Å²) in [6.07, 6.45) is -1.10. The monoisotopic (exact) mass is 394 g/mol. The molecule has 10 heteroatoms. The van der Waals surface area contributed by atoms with Gasteiger partial charge in [0.15, 0.2) is 0 Å². The minimum Gasteiger partial charge on any atom is -0.442 e. The van der Waals surface area contributed by atoms with E-state index in [2.05, 4.69) is 15.8 Å². The molecule has 1 atom stereocenters. The molecule has 1 aromatic carbocycles. The summed E-state index contributed by atoms with van der Waals surface area (Å²) in [6.45, 7) is 5.22. The zero-order valence-corrected chi connectivity index (χ0v) is 15.9. The second-order valence-corrected chi connectivity index (χ2v) is 8.30. The van der Waals surface area contributed by atoms with E-state index in [0.29, 0.717) is 10.7 Å². The molecule has 0 aromatic heterocycles. The number of hydrogen-bond acceptors (Lipinski definition) is 6. The highest BCUT2D eigenvalue weighted by Gasteiger charge is 2.36. The zero-order valence-electron chi connectivity index (χ0n) is 15.0. The van der Waals surface area contributed by atoms with Crippen LogP contribution in [0.15, 0.2) is 23.3 Å². The van der Waals surface area contributed by atoms with Crippen molar-refractivity contribution >= 4 is 40.4 Å². The van der Waals surface area contributed by atoms with Crippen LogP contribution in [0.1, 0.15) is 26.3 Å². The predicted octanol–water partition coefficient (Wildman–Crippen LogP) is 1.59. The first kappa shape index (κ1) is 19.2. The molecule has 3 rings (SSSR count). The maximum Gasteiger partial charge on any atom is 0.414 e. The summed E-state index contributed by atoms with van der Waals surface area (Å²) in [6, 6.07) is 4.33. The molecular weight excluding hydrogens is 375 g/mol. The highest BCUT2D eigenvalue weighted by atomic mass is 32.2. The third kappa shape index (κ3) is 4.05. The molecule has 27 heavy (non-hydrogen) atoms. The van der Waals surface area contributed by atoms with Crippen molar-refractivity contribution in [1.82, 2.24) is 10.7 Å². The average Bonchev–Trinajstić information content (AvgIpc) is 2.96. The van der Waals surface area contributed by atoms with Gasteiger partial charge in [-0.25, -0.2) is 14.6 Å². The molecule has 1 aromatic rings. The molecule has 144 valence electrons. The van der Waals surface area contributed by atoms with E-state index in [4.69, 9.17) is 4.74 Å². The largest absolute Gasteiger partial charge is 0.442 e. The topological polar surface area (TPSA) is 100 Å². The fourth-order valence-electron chi connectivity index (χ4n) is 2.60. The van der Waals surface area contributed by atoms with E-state index < -0.39 is 22.8 Å². The summed E-state index contributed by atoms with van der Waals surface area (Å²) in [5.74, 6) is -1.04. The number of hydrazone groups is 1. The number of amides is 3. The van der Waals surface area contributed by atoms with Crippen molar-refractivity contribution in [1.29, 1.82) is 0 Å². The number of cyclic esters (lactones) is 1. The van der Waals surface area contributed by atoms with Crippen LogP contribution in [-0.2, 0) is 14.3 Å². The number of carbonyl (C=O) groups excluding carboxylic acids is 3. The molecule has 2 N–H and O–H groups in total. The Morgan fingerprint density at radius 3 is 2.85 bits per heavy atom. The van der Waals surface area contributed by atoms with Crippen LogP contribution >= 0.6 is 11.8 Å². The number of nitrogens with zero attached hydrogens (tertiary/aromatic N) is 2. The molecular formula is C17H19FN4O4S. The number of rotatable bonds is 4. The molecule has 3 amide bonds. The van der Waals surface area contributed by atoms with E-state index in [1.54, 1.807) is 19.9 Å². The fourth-order valence-corrected chi connectivity index (χ4v) is 3.59. The molecule has 0 radical (unpaired) electrons. The molecule has 0 saturated carbocycles. The smallest absolute Gasteiger partial charge is 0.414 e. The van der Waals surface area contributed by atoms with Gasteiger partial charge in [-0.05, 0) is 32.0 Å². The van der Waals surface area contributed by atoms with Gasteiger partial charge in [-0.15, -0.1) is 0 Å². The van der Waals surface area contributed by atoms with Crippen LogP contribution in [0.3, 0.4) is 0 Å². The lowest BCUT2D eigenvalue weighted by molar-refractivity contribution is -0.122. The van der Waals surface area contributed by atoms with Crippen molar-refractivity contribution in [2.75, 3.05) is 18.0 Å². The number of carbonyl (C=O) groups is 3. The van der Waals surface area contributed by atoms with Gasteiger partial charge in [0, 0.05) is 12.5 Å². The molecule has 1 saturated heterocycles. The predicted molar refractivity (Wildman–Crippen MR) is 99.0 cm³/mol. The average molecular weight is 394 g/mol. The van der Waals surface area contributed by atoms with Crippen molar-refractivity contribution in [3.63, 3.8) is 0 Å². The van der Waals surface area contributed by atoms with Crippen LogP contribution in [0.4, 0.5) is 14.9 Å². The third-order valence-corrected chi connectivity index (χ3v) is 5.31. The standard InChI is InChI=1S/C17H19FN4O4S/c1-9(23)19-7-11-8-22(16(25)26-11)10-4-5-12(13(18)6-10)14-20-21-15(24)17(2,3)27-14/h4-6,11H,7-8H2,1-3H3,(H,19,23)(H,21,24). The lowest BCUT2D eigenvalue weighted by Gasteiger charge is -2.27. The van der Waals surface area contributed by atoms with Gasteiger partial charge >= 0.3 is 6.09 Å². The van der Waals surface area contributed by atoms with Crippen molar-refractivity contribution < 1.29 is 23.5 Å². The van der Waals surface area contributed by atoms with E-state index in [9.17, 15) is 18.8 Å². The van der Waals surface area contributed by atoms with E-state index in [0.717, 1.165) is 11.8 Å². The molecule has 1 fully saturated rings. The lowest BCUT2D eigenvalue weighted by Crippen LogP contribution is -2.42. The summed E-state index contributed by atoms with van der Waals surface area (Å²) in [5.41, 5.74) is 2.98. The lowest BCUT2D eigenvalue weighted by atomic mass is 10.2. The third-order valence-electron chi connectivity index (χ3n) is 4.11.